The molecule has 2 N–H and O–H groups in total. The average Bonchev–Trinajstić information content (AvgIpc) is 3.56. The highest BCUT2D eigenvalue weighted by Crippen LogP contribution is 2.43. The summed E-state index contributed by atoms with van der Waals surface area (Å²) in [5, 5.41) is 9.06. The first-order valence-corrected chi connectivity index (χ1v) is 12.5. The van der Waals surface area contributed by atoms with Crippen LogP contribution >= 0.6 is 34.8 Å². The fourth-order valence-electron chi connectivity index (χ4n) is 4.10. The molecule has 1 fully saturated rings. The van der Waals surface area contributed by atoms with Crippen molar-refractivity contribution < 1.29 is 4.79 Å². The lowest BCUT2D eigenvalue weighted by molar-refractivity contribution is -0.116. The minimum Gasteiger partial charge on any atom is -0.325 e. The normalized spacial score (nSPS) is 13.5. The number of nitrogens with one attached hydrogen (secondary N) is 2. The second-order valence-corrected chi connectivity index (χ2v) is 10.4. The number of hydrogen-bond acceptors (Lipinski definition) is 5. The molecule has 0 radical (unpaired) electrons. The molecular formula is C25H23Cl3N6O2. The molecule has 1 saturated carbocycles. The number of aromatic nitrogens is 4. The molecule has 0 bridgehead atoms. The molecule has 2 aromatic heterocycles. The van der Waals surface area contributed by atoms with Crippen LogP contribution in [0, 0.1) is 0 Å². The summed E-state index contributed by atoms with van der Waals surface area (Å²) in [6, 6.07) is 10.6. The van der Waals surface area contributed by atoms with E-state index in [4.69, 9.17) is 44.9 Å². The second-order valence-electron chi connectivity index (χ2n) is 9.16. The van der Waals surface area contributed by atoms with Gasteiger partial charge >= 0.3 is 0 Å². The quantitative estimate of drug-likeness (QED) is 0.339. The number of hydrogen-bond donors (Lipinski definition) is 2. The number of carbonyl (C=O) groups excluding carboxylic acids is 1. The molecule has 1 amide bonds. The molecule has 5 rings (SSSR count). The Labute approximate surface area is 222 Å². The van der Waals surface area contributed by atoms with E-state index in [9.17, 15) is 9.59 Å². The standard InChI is InChI=1S/C25H23Cl3N6O2/c1-33(2)12-20(35)29-16-7-3-13(4-8-16)9-19-30-24-21(25(36)31-19)22(14-5-6-14)32-34(24)23-17(27)10-15(26)11-18(23)28/h3-4,7-8,10-11,14H,5-6,9,12H2,1-2H3,(H,29,35)(H,30,31,36). The molecule has 11 heteroatoms. The van der Waals surface area contributed by atoms with E-state index in [1.54, 1.807) is 21.7 Å². The molecule has 1 aliphatic carbocycles. The molecule has 0 atom stereocenters. The second kappa shape index (κ2) is 9.86. The van der Waals surface area contributed by atoms with Gasteiger partial charge in [0, 0.05) is 23.0 Å². The molecule has 8 nitrogen and oxygen atoms in total. The molecule has 2 heterocycles. The van der Waals surface area contributed by atoms with Crippen molar-refractivity contribution in [1.82, 2.24) is 24.6 Å². The van der Waals surface area contributed by atoms with Gasteiger partial charge in [0.15, 0.2) is 5.65 Å². The van der Waals surface area contributed by atoms with Gasteiger partial charge in [-0.2, -0.15) is 5.10 Å². The van der Waals surface area contributed by atoms with Crippen LogP contribution in [0.5, 0.6) is 0 Å². The van der Waals surface area contributed by atoms with Crippen LogP contribution in [-0.2, 0) is 11.2 Å². The van der Waals surface area contributed by atoms with Crippen LogP contribution < -0.4 is 10.9 Å². The number of amides is 1. The summed E-state index contributed by atoms with van der Waals surface area (Å²) >= 11 is 19.1. The van der Waals surface area contributed by atoms with Crippen LogP contribution in [0.1, 0.15) is 35.8 Å². The van der Waals surface area contributed by atoms with Crippen LogP contribution in [-0.4, -0.2) is 51.2 Å². The minimum absolute atomic E-state index is 0.0940. The van der Waals surface area contributed by atoms with Crippen molar-refractivity contribution >= 4 is 57.4 Å². The van der Waals surface area contributed by atoms with Crippen LogP contribution in [0.4, 0.5) is 5.69 Å². The monoisotopic (exact) mass is 544 g/mol. The van der Waals surface area contributed by atoms with Gasteiger partial charge in [0.05, 0.1) is 22.3 Å². The van der Waals surface area contributed by atoms with Gasteiger partial charge in [-0.05, 0) is 56.8 Å². The number of carbonyl (C=O) groups is 1. The summed E-state index contributed by atoms with van der Waals surface area (Å²) in [5.74, 6) is 0.590. The molecule has 0 spiro atoms. The maximum absolute atomic E-state index is 13.2. The van der Waals surface area contributed by atoms with Crippen LogP contribution in [0.2, 0.25) is 15.1 Å². The molecule has 186 valence electrons. The highest BCUT2D eigenvalue weighted by molar-refractivity contribution is 6.40. The SMILES string of the molecule is CN(C)CC(=O)Nc1ccc(Cc2nc3c(c(C4CC4)nn3-c3c(Cl)cc(Cl)cc3Cl)c(=O)[nH]2)cc1. The van der Waals surface area contributed by atoms with Crippen LogP contribution in [0.3, 0.4) is 0 Å². The van der Waals surface area contributed by atoms with Crippen molar-refractivity contribution in [2.24, 2.45) is 0 Å². The lowest BCUT2D eigenvalue weighted by atomic mass is 10.1. The summed E-state index contributed by atoms with van der Waals surface area (Å²) in [7, 11) is 3.67. The van der Waals surface area contributed by atoms with E-state index in [-0.39, 0.29) is 17.4 Å². The van der Waals surface area contributed by atoms with E-state index in [0.29, 0.717) is 62.0 Å². The van der Waals surface area contributed by atoms with E-state index in [2.05, 4.69) is 10.3 Å². The van der Waals surface area contributed by atoms with Gasteiger partial charge in [0.1, 0.15) is 16.9 Å². The predicted molar refractivity (Wildman–Crippen MR) is 143 cm³/mol. The fraction of sp³-hybridized carbons (Fsp3) is 0.280. The summed E-state index contributed by atoms with van der Waals surface area (Å²) < 4.78 is 1.55. The van der Waals surface area contributed by atoms with Gasteiger partial charge in [0.25, 0.3) is 5.56 Å². The molecule has 4 aromatic rings. The molecule has 2 aromatic carbocycles. The van der Waals surface area contributed by atoms with Gasteiger partial charge in [-0.15, -0.1) is 0 Å². The largest absolute Gasteiger partial charge is 0.325 e. The van der Waals surface area contributed by atoms with E-state index >= 15 is 0 Å². The van der Waals surface area contributed by atoms with Crippen molar-refractivity contribution in [3.05, 3.63) is 78.9 Å². The Hall–Kier alpha value is -2.91. The third kappa shape index (κ3) is 5.13. The zero-order chi connectivity index (χ0) is 25.6. The van der Waals surface area contributed by atoms with Gasteiger partial charge in [-0.3, -0.25) is 9.59 Å². The lowest BCUT2D eigenvalue weighted by Gasteiger charge is -2.11. The third-order valence-corrected chi connectivity index (χ3v) is 6.63. The molecular weight excluding hydrogens is 523 g/mol. The molecule has 0 unspecified atom stereocenters. The number of rotatable bonds is 7. The van der Waals surface area contributed by atoms with Crippen molar-refractivity contribution in [3.8, 4) is 5.69 Å². The summed E-state index contributed by atoms with van der Waals surface area (Å²) in [6.45, 7) is 0.297. The highest BCUT2D eigenvalue weighted by Gasteiger charge is 2.32. The third-order valence-electron chi connectivity index (χ3n) is 5.84. The maximum Gasteiger partial charge on any atom is 0.262 e. The smallest absolute Gasteiger partial charge is 0.262 e. The van der Waals surface area contributed by atoms with Crippen molar-refractivity contribution in [2.45, 2.75) is 25.2 Å². The highest BCUT2D eigenvalue weighted by atomic mass is 35.5. The topological polar surface area (TPSA) is 95.9 Å². The van der Waals surface area contributed by atoms with E-state index in [1.807, 2.05) is 38.4 Å². The van der Waals surface area contributed by atoms with Gasteiger partial charge < -0.3 is 15.2 Å². The molecule has 0 aliphatic heterocycles. The summed E-state index contributed by atoms with van der Waals surface area (Å²) in [6.07, 6.45) is 2.31. The number of halogens is 3. The lowest BCUT2D eigenvalue weighted by Crippen LogP contribution is -2.27. The first-order valence-electron chi connectivity index (χ1n) is 11.4. The van der Waals surface area contributed by atoms with Crippen LogP contribution in [0.25, 0.3) is 16.7 Å². The van der Waals surface area contributed by atoms with Crippen molar-refractivity contribution in [2.75, 3.05) is 26.0 Å². The number of anilines is 1. The molecule has 36 heavy (non-hydrogen) atoms. The van der Waals surface area contributed by atoms with Crippen LogP contribution in [0.15, 0.2) is 41.2 Å². The first-order chi connectivity index (χ1) is 17.2. The molecule has 1 aliphatic rings. The van der Waals surface area contributed by atoms with E-state index < -0.39 is 0 Å². The number of aromatic amines is 1. The number of likely N-dealkylation sites (N-methyl/N-ethyl adjacent to an activating group) is 1. The van der Waals surface area contributed by atoms with Gasteiger partial charge in [0.2, 0.25) is 5.91 Å². The van der Waals surface area contributed by atoms with E-state index in [1.165, 1.54) is 0 Å². The first kappa shape index (κ1) is 24.8. The summed E-state index contributed by atoms with van der Waals surface area (Å²) in [5.41, 5.74) is 2.89. The zero-order valence-electron chi connectivity index (χ0n) is 19.6. The number of benzene rings is 2. The Kier molecular flexibility index (Phi) is 6.78. The predicted octanol–water partition coefficient (Wildman–Crippen LogP) is 5.04. The summed E-state index contributed by atoms with van der Waals surface area (Å²) in [4.78, 5) is 34.7. The zero-order valence-corrected chi connectivity index (χ0v) is 21.9. The van der Waals surface area contributed by atoms with Gasteiger partial charge in [-0.25, -0.2) is 9.67 Å². The van der Waals surface area contributed by atoms with Crippen molar-refractivity contribution in [1.29, 1.82) is 0 Å². The Bertz CT molecular complexity index is 1500. The fourth-order valence-corrected chi connectivity index (χ4v) is 5.08. The Balaban J connectivity index is 1.51. The van der Waals surface area contributed by atoms with Gasteiger partial charge in [-0.1, -0.05) is 46.9 Å². The Morgan fingerprint density at radius 1 is 1.14 bits per heavy atom. The minimum atomic E-state index is -0.253. The van der Waals surface area contributed by atoms with E-state index in [0.717, 1.165) is 18.4 Å². The van der Waals surface area contributed by atoms with Crippen molar-refractivity contribution in [3.63, 3.8) is 0 Å². The number of nitrogens with zero attached hydrogens (tertiary/aromatic N) is 4. The Morgan fingerprint density at radius 3 is 2.42 bits per heavy atom. The number of fused-ring (bicyclic) bond motifs is 1. The molecule has 0 saturated heterocycles. The maximum atomic E-state index is 13.2. The average molecular weight is 546 g/mol. The Morgan fingerprint density at radius 2 is 1.81 bits per heavy atom. The number of H-pyrrole nitrogens is 1.